The Morgan fingerprint density at radius 1 is 1.33 bits per heavy atom. The molecule has 0 atom stereocenters. The number of imidazole rings is 1. The summed E-state index contributed by atoms with van der Waals surface area (Å²) in [5, 5.41) is 3.35. The fourth-order valence-electron chi connectivity index (χ4n) is 1.97. The lowest BCUT2D eigenvalue weighted by Crippen LogP contribution is -2.36. The van der Waals surface area contributed by atoms with Crippen molar-refractivity contribution in [3.63, 3.8) is 0 Å². The maximum Gasteiger partial charge on any atom is 0.140 e. The van der Waals surface area contributed by atoms with Gasteiger partial charge in [-0.05, 0) is 32.5 Å². The molecule has 3 nitrogen and oxygen atoms in total. The maximum absolute atomic E-state index is 13.7. The van der Waals surface area contributed by atoms with E-state index >= 15 is 0 Å². The van der Waals surface area contributed by atoms with Gasteiger partial charge in [-0.15, -0.1) is 0 Å². The summed E-state index contributed by atoms with van der Waals surface area (Å²) in [6.45, 7) is 7.04. The van der Waals surface area contributed by atoms with E-state index in [2.05, 4.69) is 36.1 Å². The van der Waals surface area contributed by atoms with Gasteiger partial charge in [-0.3, -0.25) is 0 Å². The van der Waals surface area contributed by atoms with E-state index in [4.69, 9.17) is 0 Å². The molecule has 1 aromatic heterocycles. The van der Waals surface area contributed by atoms with E-state index < -0.39 is 0 Å². The third-order valence-corrected chi connectivity index (χ3v) is 3.00. The fourth-order valence-corrected chi connectivity index (χ4v) is 1.97. The number of H-pyrrole nitrogens is 1. The topological polar surface area (TPSA) is 40.7 Å². The average Bonchev–Trinajstić information content (AvgIpc) is 2.79. The predicted octanol–water partition coefficient (Wildman–Crippen LogP) is 3.06. The number of hydrogen-bond acceptors (Lipinski definition) is 2. The van der Waals surface area contributed by atoms with Crippen LogP contribution in [0.15, 0.2) is 30.5 Å². The molecular weight excluding hydrogens is 229 g/mol. The van der Waals surface area contributed by atoms with Gasteiger partial charge in [0.2, 0.25) is 0 Å². The first kappa shape index (κ1) is 12.8. The minimum absolute atomic E-state index is 0.203. The number of nitrogens with one attached hydrogen (secondary N) is 2. The van der Waals surface area contributed by atoms with Gasteiger partial charge in [0.05, 0.1) is 23.0 Å². The van der Waals surface area contributed by atoms with Crippen LogP contribution in [0.5, 0.6) is 0 Å². The first-order chi connectivity index (χ1) is 8.54. The summed E-state index contributed by atoms with van der Waals surface area (Å²) in [4.78, 5) is 7.44. The Morgan fingerprint density at radius 3 is 2.72 bits per heavy atom. The highest BCUT2D eigenvalue weighted by molar-refractivity contribution is 5.56. The molecule has 0 saturated carbocycles. The van der Waals surface area contributed by atoms with Crippen LogP contribution in [0.25, 0.3) is 11.4 Å². The van der Waals surface area contributed by atoms with Gasteiger partial charge in [0.25, 0.3) is 0 Å². The van der Waals surface area contributed by atoms with Crippen molar-refractivity contribution < 1.29 is 4.39 Å². The fraction of sp³-hybridized carbons (Fsp3) is 0.357. The van der Waals surface area contributed by atoms with E-state index in [9.17, 15) is 4.39 Å². The molecule has 0 unspecified atom stereocenters. The second kappa shape index (κ2) is 4.90. The van der Waals surface area contributed by atoms with Crippen LogP contribution in [0.4, 0.5) is 4.39 Å². The molecule has 18 heavy (non-hydrogen) atoms. The van der Waals surface area contributed by atoms with Crippen LogP contribution >= 0.6 is 0 Å². The number of nitrogens with zero attached hydrogens (tertiary/aromatic N) is 1. The molecule has 1 aromatic carbocycles. The molecule has 0 bridgehead atoms. The Labute approximate surface area is 106 Å². The molecular formula is C14H18FN3. The molecule has 0 aliphatic carbocycles. The molecule has 2 aromatic rings. The quantitative estimate of drug-likeness (QED) is 0.871. The third-order valence-electron chi connectivity index (χ3n) is 3.00. The lowest BCUT2D eigenvalue weighted by molar-refractivity contribution is 0.406. The van der Waals surface area contributed by atoms with Gasteiger partial charge >= 0.3 is 0 Å². The third kappa shape index (κ3) is 2.43. The molecule has 0 radical (unpaired) electrons. The number of rotatable bonds is 4. The smallest absolute Gasteiger partial charge is 0.140 e. The van der Waals surface area contributed by atoms with Crippen LogP contribution in [-0.2, 0) is 5.54 Å². The van der Waals surface area contributed by atoms with Crippen molar-refractivity contribution in [2.75, 3.05) is 6.54 Å². The lowest BCUT2D eigenvalue weighted by Gasteiger charge is -2.23. The van der Waals surface area contributed by atoms with E-state index in [1.165, 1.54) is 6.07 Å². The summed E-state index contributed by atoms with van der Waals surface area (Å²) in [5.74, 6) is 0.300. The Hall–Kier alpha value is -1.68. The highest BCUT2D eigenvalue weighted by atomic mass is 19.1. The van der Waals surface area contributed by atoms with Crippen molar-refractivity contribution in [2.45, 2.75) is 26.3 Å². The average molecular weight is 247 g/mol. The molecule has 0 spiro atoms. The number of benzene rings is 1. The van der Waals surface area contributed by atoms with Crippen molar-refractivity contribution in [1.82, 2.24) is 15.3 Å². The summed E-state index contributed by atoms with van der Waals surface area (Å²) in [7, 11) is 0. The van der Waals surface area contributed by atoms with E-state index in [0.717, 1.165) is 12.2 Å². The summed E-state index contributed by atoms with van der Waals surface area (Å²) in [5.41, 5.74) is 1.24. The van der Waals surface area contributed by atoms with Crippen molar-refractivity contribution in [3.05, 3.63) is 42.0 Å². The minimum Gasteiger partial charge on any atom is -0.340 e. The number of aromatic amines is 1. The molecule has 0 aliphatic rings. The van der Waals surface area contributed by atoms with Gasteiger partial charge in [0.1, 0.15) is 11.6 Å². The first-order valence-electron chi connectivity index (χ1n) is 6.10. The van der Waals surface area contributed by atoms with Crippen LogP contribution in [0, 0.1) is 5.82 Å². The predicted molar refractivity (Wildman–Crippen MR) is 70.7 cm³/mol. The lowest BCUT2D eigenvalue weighted by atomic mass is 10.0. The normalized spacial score (nSPS) is 11.8. The largest absolute Gasteiger partial charge is 0.340 e. The van der Waals surface area contributed by atoms with Crippen LogP contribution in [-0.4, -0.2) is 16.5 Å². The minimum atomic E-state index is -0.264. The van der Waals surface area contributed by atoms with Crippen molar-refractivity contribution in [2.24, 2.45) is 0 Å². The molecule has 1 heterocycles. The molecule has 0 saturated heterocycles. The zero-order valence-electron chi connectivity index (χ0n) is 10.9. The molecule has 2 N–H and O–H groups in total. The zero-order valence-corrected chi connectivity index (χ0v) is 10.9. The second-order valence-corrected chi connectivity index (χ2v) is 4.78. The molecule has 0 fully saturated rings. The molecule has 0 amide bonds. The van der Waals surface area contributed by atoms with Crippen molar-refractivity contribution >= 4 is 0 Å². The standard InChI is InChI=1S/C14H18FN3/c1-4-17-14(2,3)12-9-16-13(18-12)10-7-5-6-8-11(10)15/h5-9,17H,4H2,1-3H3,(H,16,18). The maximum atomic E-state index is 13.7. The van der Waals surface area contributed by atoms with Crippen molar-refractivity contribution in [3.8, 4) is 11.4 Å². The second-order valence-electron chi connectivity index (χ2n) is 4.78. The monoisotopic (exact) mass is 247 g/mol. The molecule has 96 valence electrons. The number of aromatic nitrogens is 2. The summed E-state index contributed by atoms with van der Waals surface area (Å²) >= 11 is 0. The van der Waals surface area contributed by atoms with Gasteiger partial charge in [0.15, 0.2) is 0 Å². The highest BCUT2D eigenvalue weighted by Crippen LogP contribution is 2.23. The molecule has 0 aliphatic heterocycles. The van der Waals surface area contributed by atoms with Gasteiger partial charge in [-0.1, -0.05) is 19.1 Å². The van der Waals surface area contributed by atoms with Crippen LogP contribution in [0.2, 0.25) is 0 Å². The number of halogens is 1. The highest BCUT2D eigenvalue weighted by Gasteiger charge is 2.22. The Kier molecular flexibility index (Phi) is 3.48. The Balaban J connectivity index is 2.34. The SMILES string of the molecule is CCNC(C)(C)c1cnc(-c2ccccc2F)[nH]1. The van der Waals surface area contributed by atoms with Crippen molar-refractivity contribution in [1.29, 1.82) is 0 Å². The van der Waals surface area contributed by atoms with Crippen LogP contribution in [0.1, 0.15) is 26.5 Å². The first-order valence-corrected chi connectivity index (χ1v) is 6.10. The number of hydrogen-bond donors (Lipinski definition) is 2. The van der Waals surface area contributed by atoms with Gasteiger partial charge in [-0.2, -0.15) is 0 Å². The molecule has 4 heteroatoms. The zero-order chi connectivity index (χ0) is 13.2. The van der Waals surface area contributed by atoms with Gasteiger partial charge in [0, 0.05) is 0 Å². The van der Waals surface area contributed by atoms with Crippen LogP contribution in [0.3, 0.4) is 0 Å². The van der Waals surface area contributed by atoms with Gasteiger partial charge in [-0.25, -0.2) is 9.37 Å². The summed E-state index contributed by atoms with van der Waals surface area (Å²) < 4.78 is 13.7. The van der Waals surface area contributed by atoms with E-state index in [-0.39, 0.29) is 11.4 Å². The van der Waals surface area contributed by atoms with Crippen LogP contribution < -0.4 is 5.32 Å². The van der Waals surface area contributed by atoms with E-state index in [1.54, 1.807) is 24.4 Å². The Bertz CT molecular complexity index is 531. The van der Waals surface area contributed by atoms with E-state index in [1.807, 2.05) is 0 Å². The van der Waals surface area contributed by atoms with E-state index in [0.29, 0.717) is 11.4 Å². The summed E-state index contributed by atoms with van der Waals surface area (Å²) in [6.07, 6.45) is 1.75. The Morgan fingerprint density at radius 2 is 2.06 bits per heavy atom. The summed E-state index contributed by atoms with van der Waals surface area (Å²) in [6, 6.07) is 6.63. The molecule has 2 rings (SSSR count). The van der Waals surface area contributed by atoms with Gasteiger partial charge < -0.3 is 10.3 Å².